The highest BCUT2D eigenvalue weighted by molar-refractivity contribution is 5.92. The third kappa shape index (κ3) is 2.45. The van der Waals surface area contributed by atoms with Gasteiger partial charge in [0.25, 0.3) is 0 Å². The molecule has 7 atom stereocenters. The van der Waals surface area contributed by atoms with E-state index in [1.54, 1.807) is 6.92 Å². The van der Waals surface area contributed by atoms with Crippen molar-refractivity contribution in [1.29, 1.82) is 0 Å². The van der Waals surface area contributed by atoms with E-state index in [-0.39, 0.29) is 28.4 Å². The van der Waals surface area contributed by atoms with Crippen LogP contribution in [0.4, 0.5) is 0 Å². The Labute approximate surface area is 168 Å². The number of hydrogen-bond acceptors (Lipinski definition) is 4. The van der Waals surface area contributed by atoms with Crippen LogP contribution in [0.5, 0.6) is 0 Å². The summed E-state index contributed by atoms with van der Waals surface area (Å²) in [6.07, 6.45) is 8.19. The van der Waals surface area contributed by atoms with Gasteiger partial charge in [0.2, 0.25) is 0 Å². The largest absolute Gasteiger partial charge is 0.451 e. The average molecular weight is 387 g/mol. The molecule has 28 heavy (non-hydrogen) atoms. The lowest BCUT2D eigenvalue weighted by atomic mass is 9.44. The Bertz CT molecular complexity index is 767. The van der Waals surface area contributed by atoms with Crippen LogP contribution in [0.15, 0.2) is 11.6 Å². The Morgan fingerprint density at radius 1 is 1.07 bits per heavy atom. The number of ketones is 2. The van der Waals surface area contributed by atoms with Gasteiger partial charge in [0.15, 0.2) is 17.2 Å². The molecular weight excluding hydrogens is 352 g/mol. The highest BCUT2D eigenvalue weighted by Crippen LogP contribution is 2.69. The first-order valence-corrected chi connectivity index (χ1v) is 11.0. The average Bonchev–Trinajstić information content (AvgIpc) is 2.90. The lowest BCUT2D eigenvalue weighted by molar-refractivity contribution is -0.187. The third-order valence-corrected chi connectivity index (χ3v) is 9.29. The molecule has 0 heterocycles. The molecule has 0 radical (unpaired) electrons. The summed E-state index contributed by atoms with van der Waals surface area (Å²) in [4.78, 5) is 36.8. The van der Waals surface area contributed by atoms with Crippen LogP contribution in [-0.4, -0.2) is 23.1 Å². The number of allylic oxidation sites excluding steroid dienone is 1. The Hall–Kier alpha value is -1.45. The van der Waals surface area contributed by atoms with Gasteiger partial charge in [-0.1, -0.05) is 26.3 Å². The number of ether oxygens (including phenoxy) is 1. The Morgan fingerprint density at radius 3 is 2.39 bits per heavy atom. The predicted octanol–water partition coefficient (Wildman–Crippen LogP) is 4.66. The molecule has 0 N–H and O–H groups in total. The summed E-state index contributed by atoms with van der Waals surface area (Å²) in [6.45, 7) is 9.87. The van der Waals surface area contributed by atoms with Crippen LogP contribution in [0, 0.1) is 34.5 Å². The molecule has 4 aliphatic rings. The summed E-state index contributed by atoms with van der Waals surface area (Å²) in [5.41, 5.74) is 0.218. The van der Waals surface area contributed by atoms with E-state index in [0.717, 1.165) is 32.1 Å². The maximum Gasteiger partial charge on any atom is 0.303 e. The van der Waals surface area contributed by atoms with E-state index in [2.05, 4.69) is 20.8 Å². The van der Waals surface area contributed by atoms with Crippen molar-refractivity contribution in [1.82, 2.24) is 0 Å². The van der Waals surface area contributed by atoms with Crippen LogP contribution in [0.3, 0.4) is 0 Å². The van der Waals surface area contributed by atoms with E-state index < -0.39 is 5.60 Å². The van der Waals surface area contributed by atoms with Gasteiger partial charge in [-0.2, -0.15) is 0 Å². The van der Waals surface area contributed by atoms with Gasteiger partial charge in [-0.05, 0) is 80.6 Å². The van der Waals surface area contributed by atoms with Crippen LogP contribution in [-0.2, 0) is 19.1 Å². The minimum Gasteiger partial charge on any atom is -0.451 e. The molecule has 0 aromatic heterocycles. The molecule has 0 amide bonds. The summed E-state index contributed by atoms with van der Waals surface area (Å²) < 4.78 is 5.84. The van der Waals surface area contributed by atoms with Crippen LogP contribution in [0.1, 0.15) is 79.6 Å². The summed E-state index contributed by atoms with van der Waals surface area (Å²) in [7, 11) is 0. The number of esters is 1. The SMILES string of the molecule is CC(=O)O[C@@]1(C(C)=O)CC[C@H]2[C@@H]3C[C@H](C)C4=CC(=O)CC[C@@]4(C)[C@H]3CC[C@]21C. The van der Waals surface area contributed by atoms with Crippen LogP contribution in [0.2, 0.25) is 0 Å². The normalized spacial score (nSPS) is 47.5. The van der Waals surface area contributed by atoms with Gasteiger partial charge in [-0.25, -0.2) is 0 Å². The van der Waals surface area contributed by atoms with Crippen molar-refractivity contribution < 1.29 is 19.1 Å². The van der Waals surface area contributed by atoms with Gasteiger partial charge in [0.1, 0.15) is 0 Å². The zero-order valence-corrected chi connectivity index (χ0v) is 18.0. The lowest BCUT2D eigenvalue weighted by Crippen LogP contribution is -2.59. The minimum atomic E-state index is -0.961. The fourth-order valence-electron chi connectivity index (χ4n) is 8.05. The van der Waals surface area contributed by atoms with E-state index >= 15 is 0 Å². The molecular formula is C24H34O4. The van der Waals surface area contributed by atoms with Crippen LogP contribution < -0.4 is 0 Å². The van der Waals surface area contributed by atoms with Crippen molar-refractivity contribution in [2.75, 3.05) is 0 Å². The molecule has 154 valence electrons. The highest BCUT2D eigenvalue weighted by Gasteiger charge is 2.68. The minimum absolute atomic E-state index is 0.00469. The smallest absolute Gasteiger partial charge is 0.303 e. The summed E-state index contributed by atoms with van der Waals surface area (Å²) in [5.74, 6) is 1.82. The molecule has 4 heteroatoms. The van der Waals surface area contributed by atoms with E-state index in [4.69, 9.17) is 4.74 Å². The van der Waals surface area contributed by atoms with Gasteiger partial charge < -0.3 is 4.74 Å². The first-order chi connectivity index (χ1) is 13.0. The number of Topliss-reactive ketones (excluding diaryl/α,β-unsaturated/α-hetero) is 1. The molecule has 0 spiro atoms. The van der Waals surface area contributed by atoms with Crippen molar-refractivity contribution in [2.45, 2.75) is 85.2 Å². The van der Waals surface area contributed by atoms with Crippen LogP contribution >= 0.6 is 0 Å². The van der Waals surface area contributed by atoms with E-state index in [1.807, 2.05) is 6.08 Å². The third-order valence-electron chi connectivity index (χ3n) is 9.29. The fraction of sp³-hybridized carbons (Fsp3) is 0.792. The van der Waals surface area contributed by atoms with E-state index in [0.29, 0.717) is 36.5 Å². The molecule has 3 saturated carbocycles. The van der Waals surface area contributed by atoms with Gasteiger partial charge in [0.05, 0.1) is 0 Å². The molecule has 4 nitrogen and oxygen atoms in total. The Balaban J connectivity index is 1.73. The van der Waals surface area contributed by atoms with Crippen molar-refractivity contribution in [3.63, 3.8) is 0 Å². The molecule has 3 fully saturated rings. The number of carbonyl (C=O) groups is 3. The first kappa shape index (κ1) is 19.8. The highest BCUT2D eigenvalue weighted by atomic mass is 16.6. The molecule has 0 unspecified atom stereocenters. The van der Waals surface area contributed by atoms with Gasteiger partial charge in [-0.15, -0.1) is 0 Å². The second-order valence-corrected chi connectivity index (χ2v) is 10.5. The predicted molar refractivity (Wildman–Crippen MR) is 106 cm³/mol. The van der Waals surface area contributed by atoms with Gasteiger partial charge in [-0.3, -0.25) is 14.4 Å². The molecule has 0 aromatic carbocycles. The number of rotatable bonds is 2. The van der Waals surface area contributed by atoms with Gasteiger partial charge >= 0.3 is 5.97 Å². The molecule has 0 saturated heterocycles. The standard InChI is InChI=1S/C24H34O4/c1-14-12-18-19(22(4)9-6-17(27)13-21(14)22)7-10-23(5)20(18)8-11-24(23,15(2)25)28-16(3)26/h13-14,18-20H,6-12H2,1-5H3/t14-,18+,19-,20-,22-,23+,24+/m0/s1. The zero-order chi connectivity index (χ0) is 20.5. The van der Waals surface area contributed by atoms with Crippen LogP contribution in [0.25, 0.3) is 0 Å². The van der Waals surface area contributed by atoms with Crippen molar-refractivity contribution in [3.05, 3.63) is 11.6 Å². The fourth-order valence-corrected chi connectivity index (χ4v) is 8.05. The summed E-state index contributed by atoms with van der Waals surface area (Å²) in [6, 6.07) is 0. The molecule has 0 aliphatic heterocycles. The second kappa shape index (κ2) is 6.27. The van der Waals surface area contributed by atoms with Crippen molar-refractivity contribution in [2.24, 2.45) is 34.5 Å². The lowest BCUT2D eigenvalue weighted by Gasteiger charge is -2.60. The van der Waals surface area contributed by atoms with Crippen molar-refractivity contribution >= 4 is 17.5 Å². The first-order valence-electron chi connectivity index (χ1n) is 11.0. The second-order valence-electron chi connectivity index (χ2n) is 10.5. The topological polar surface area (TPSA) is 60.4 Å². The quantitative estimate of drug-likeness (QED) is 0.648. The Morgan fingerprint density at radius 2 is 1.75 bits per heavy atom. The monoisotopic (exact) mass is 386 g/mol. The molecule has 4 aliphatic carbocycles. The molecule has 0 aromatic rings. The van der Waals surface area contributed by atoms with Crippen molar-refractivity contribution in [3.8, 4) is 0 Å². The maximum absolute atomic E-state index is 12.8. The number of hydrogen-bond donors (Lipinski definition) is 0. The molecule has 0 bridgehead atoms. The maximum atomic E-state index is 12.8. The van der Waals surface area contributed by atoms with E-state index in [1.165, 1.54) is 12.5 Å². The Kier molecular flexibility index (Phi) is 4.45. The van der Waals surface area contributed by atoms with Gasteiger partial charge in [0, 0.05) is 18.8 Å². The summed E-state index contributed by atoms with van der Waals surface area (Å²) >= 11 is 0. The number of carbonyl (C=O) groups excluding carboxylic acids is 3. The summed E-state index contributed by atoms with van der Waals surface area (Å²) in [5, 5.41) is 0. The molecule has 4 rings (SSSR count). The van der Waals surface area contributed by atoms with E-state index in [9.17, 15) is 14.4 Å². The zero-order valence-electron chi connectivity index (χ0n) is 18.0. The number of fused-ring (bicyclic) bond motifs is 5.